The van der Waals surface area contributed by atoms with Gasteiger partial charge in [-0.25, -0.2) is 0 Å². The van der Waals surface area contributed by atoms with Crippen molar-refractivity contribution in [3.8, 4) is 6.07 Å². The second-order valence-electron chi connectivity index (χ2n) is 12.7. The normalized spacial score (nSPS) is 10.2. The molecule has 0 aliphatic heterocycles. The molecule has 4 aromatic carbocycles. The number of rotatable bonds is 14. The zero-order chi connectivity index (χ0) is 35.5. The molecule has 0 N–H and O–H groups in total. The van der Waals surface area contributed by atoms with Crippen molar-refractivity contribution in [1.82, 2.24) is 4.90 Å². The van der Waals surface area contributed by atoms with E-state index in [1.165, 1.54) is 61.2 Å². The average molecular weight is 639 g/mol. The third-order valence-electron chi connectivity index (χ3n) is 8.35. The molecule has 48 heavy (non-hydrogen) atoms. The quantitative estimate of drug-likeness (QED) is 0.101. The highest BCUT2D eigenvalue weighted by Crippen LogP contribution is 2.24. The third kappa shape index (κ3) is 14.1. The van der Waals surface area contributed by atoms with Crippen LogP contribution in [0.4, 0.5) is 0 Å². The number of nitrogens with zero attached hydrogens (tertiary/aromatic N) is 2. The van der Waals surface area contributed by atoms with Crippen molar-refractivity contribution < 1.29 is 0 Å². The van der Waals surface area contributed by atoms with Gasteiger partial charge in [-0.2, -0.15) is 5.26 Å². The summed E-state index contributed by atoms with van der Waals surface area (Å²) in [5.74, 6) is 0. The first-order chi connectivity index (χ1) is 23.1. The van der Waals surface area contributed by atoms with E-state index in [0.29, 0.717) is 5.57 Å². The fourth-order valence-corrected chi connectivity index (χ4v) is 5.76. The fraction of sp³-hybridized carbons (Fsp3) is 0.326. The molecule has 0 aromatic heterocycles. The largest absolute Gasteiger partial charge is 0.295 e. The van der Waals surface area contributed by atoms with Gasteiger partial charge in [-0.05, 0) is 118 Å². The SMILES string of the molecule is C=C(C)Cc1cc(CN(CCCC(=C)C#N)Cc2ccccc2C)c(CCc2cccc(C)c2)cc1C.C=Cc1cccc(C)c1.CC. The van der Waals surface area contributed by atoms with E-state index < -0.39 is 0 Å². The first-order valence-electron chi connectivity index (χ1n) is 17.4. The molecule has 0 fully saturated rings. The van der Waals surface area contributed by atoms with Gasteiger partial charge in [0, 0.05) is 18.7 Å². The summed E-state index contributed by atoms with van der Waals surface area (Å²) in [5, 5.41) is 9.17. The summed E-state index contributed by atoms with van der Waals surface area (Å²) in [5.41, 5.74) is 15.3. The minimum absolute atomic E-state index is 0.661. The van der Waals surface area contributed by atoms with Crippen molar-refractivity contribution in [2.45, 2.75) is 93.7 Å². The summed E-state index contributed by atoms with van der Waals surface area (Å²) >= 11 is 0. The van der Waals surface area contributed by atoms with Crippen LogP contribution in [0.15, 0.2) is 116 Å². The molecule has 0 heterocycles. The van der Waals surface area contributed by atoms with E-state index in [1.807, 2.05) is 32.1 Å². The molecule has 2 heteroatoms. The molecule has 0 bridgehead atoms. The predicted molar refractivity (Wildman–Crippen MR) is 210 cm³/mol. The highest BCUT2D eigenvalue weighted by atomic mass is 15.1. The molecule has 4 aromatic rings. The minimum atomic E-state index is 0.661. The van der Waals surface area contributed by atoms with E-state index in [0.717, 1.165) is 51.7 Å². The molecule has 2 nitrogen and oxygen atoms in total. The van der Waals surface area contributed by atoms with E-state index in [9.17, 15) is 5.26 Å². The van der Waals surface area contributed by atoms with E-state index in [1.54, 1.807) is 0 Å². The van der Waals surface area contributed by atoms with Gasteiger partial charge in [0.2, 0.25) is 0 Å². The van der Waals surface area contributed by atoms with E-state index in [2.05, 4.69) is 138 Å². The maximum Gasteiger partial charge on any atom is 0.0940 e. The number of benzene rings is 4. The van der Waals surface area contributed by atoms with Crippen molar-refractivity contribution in [2.24, 2.45) is 0 Å². The molecule has 4 rings (SSSR count). The lowest BCUT2D eigenvalue weighted by atomic mass is 9.92. The van der Waals surface area contributed by atoms with Crippen LogP contribution >= 0.6 is 0 Å². The van der Waals surface area contributed by atoms with Gasteiger partial charge in [-0.15, -0.1) is 0 Å². The lowest BCUT2D eigenvalue weighted by Gasteiger charge is -2.26. The number of nitriles is 1. The molecule has 0 aliphatic rings. The highest BCUT2D eigenvalue weighted by Gasteiger charge is 2.14. The van der Waals surface area contributed by atoms with Crippen molar-refractivity contribution in [2.75, 3.05) is 6.54 Å². The molecule has 0 spiro atoms. The Morgan fingerprint density at radius 2 is 1.40 bits per heavy atom. The molecule has 0 radical (unpaired) electrons. The standard InChI is InChI=1S/C35H42N2.C9H10.C2H6/c1-26(2)19-34-22-35(32(21-30(34)6)17-16-31-14-9-11-27(3)20-31)25-37(18-10-12-28(4)23-36)24-33-15-8-7-13-29(33)5;1-3-9-6-4-5-8(2)7-9;1-2/h7-9,11,13-15,20-22H,1,4,10,12,16-19,24-25H2,2-3,5-6H3;3-7H,1H2,2H3;1-2H3. The van der Waals surface area contributed by atoms with Crippen LogP contribution in [0.2, 0.25) is 0 Å². The minimum Gasteiger partial charge on any atom is -0.295 e. The van der Waals surface area contributed by atoms with E-state index >= 15 is 0 Å². The van der Waals surface area contributed by atoms with Crippen molar-refractivity contribution in [3.63, 3.8) is 0 Å². The Balaban J connectivity index is 0.000000620. The van der Waals surface area contributed by atoms with Crippen molar-refractivity contribution >= 4 is 6.08 Å². The number of aryl methyl sites for hydroxylation is 6. The summed E-state index contributed by atoms with van der Waals surface area (Å²) in [6, 6.07) is 32.8. The Bertz CT molecular complexity index is 1670. The molecule has 252 valence electrons. The fourth-order valence-electron chi connectivity index (χ4n) is 5.76. The van der Waals surface area contributed by atoms with Crippen LogP contribution in [0.3, 0.4) is 0 Å². The predicted octanol–water partition coefficient (Wildman–Crippen LogP) is 12.0. The molecule has 0 aliphatic carbocycles. The van der Waals surface area contributed by atoms with Gasteiger partial charge < -0.3 is 0 Å². The lowest BCUT2D eigenvalue weighted by Crippen LogP contribution is -2.25. The van der Waals surface area contributed by atoms with Gasteiger partial charge in [0.15, 0.2) is 0 Å². The first-order valence-corrected chi connectivity index (χ1v) is 17.4. The number of hydrogen-bond donors (Lipinski definition) is 0. The van der Waals surface area contributed by atoms with Gasteiger partial charge in [0.25, 0.3) is 0 Å². The summed E-state index contributed by atoms with van der Waals surface area (Å²) in [4.78, 5) is 2.54. The van der Waals surface area contributed by atoms with Crippen LogP contribution in [0.1, 0.15) is 89.2 Å². The third-order valence-corrected chi connectivity index (χ3v) is 8.35. The summed E-state index contributed by atoms with van der Waals surface area (Å²) in [6.45, 7) is 29.2. The number of hydrogen-bond acceptors (Lipinski definition) is 2. The topological polar surface area (TPSA) is 27.0 Å². The van der Waals surface area contributed by atoms with Crippen LogP contribution in [-0.2, 0) is 32.4 Å². The van der Waals surface area contributed by atoms with Gasteiger partial charge >= 0.3 is 0 Å². The maximum atomic E-state index is 9.17. The molecular formula is C46H58N2. The average Bonchev–Trinajstić information content (AvgIpc) is 3.07. The van der Waals surface area contributed by atoms with Gasteiger partial charge in [-0.3, -0.25) is 4.90 Å². The Kier molecular flexibility index (Phi) is 17.7. The van der Waals surface area contributed by atoms with Crippen LogP contribution < -0.4 is 0 Å². The van der Waals surface area contributed by atoms with Crippen LogP contribution in [0.5, 0.6) is 0 Å². The second-order valence-corrected chi connectivity index (χ2v) is 12.7. The Morgan fingerprint density at radius 3 is 2.00 bits per heavy atom. The second kappa shape index (κ2) is 21.4. The summed E-state index contributed by atoms with van der Waals surface area (Å²) < 4.78 is 0. The van der Waals surface area contributed by atoms with E-state index in [4.69, 9.17) is 0 Å². The molecule has 0 saturated carbocycles. The highest BCUT2D eigenvalue weighted by molar-refractivity contribution is 5.47. The van der Waals surface area contributed by atoms with Gasteiger partial charge in [0.1, 0.15) is 0 Å². The van der Waals surface area contributed by atoms with Crippen LogP contribution in [-0.4, -0.2) is 11.4 Å². The summed E-state index contributed by atoms with van der Waals surface area (Å²) in [6.07, 6.45) is 6.51. The molecule has 0 unspecified atom stereocenters. The Hall–Kier alpha value is -4.45. The molecule has 0 amide bonds. The Labute approximate surface area is 293 Å². The van der Waals surface area contributed by atoms with Gasteiger partial charge in [-0.1, -0.05) is 141 Å². The smallest absolute Gasteiger partial charge is 0.0940 e. The van der Waals surface area contributed by atoms with Crippen molar-refractivity contribution in [1.29, 1.82) is 5.26 Å². The maximum absolute atomic E-state index is 9.17. The molecular weight excluding hydrogens is 581 g/mol. The molecule has 0 saturated heterocycles. The van der Waals surface area contributed by atoms with E-state index in [-0.39, 0.29) is 0 Å². The Morgan fingerprint density at radius 1 is 0.729 bits per heavy atom. The number of allylic oxidation sites excluding steroid dienone is 2. The van der Waals surface area contributed by atoms with Crippen LogP contribution in [0, 0.1) is 39.0 Å². The van der Waals surface area contributed by atoms with Crippen molar-refractivity contribution in [3.05, 3.63) is 171 Å². The summed E-state index contributed by atoms with van der Waals surface area (Å²) in [7, 11) is 0. The zero-order valence-electron chi connectivity index (χ0n) is 30.8. The first kappa shape index (κ1) is 39.7. The van der Waals surface area contributed by atoms with Crippen LogP contribution in [0.25, 0.3) is 6.08 Å². The molecule has 0 atom stereocenters. The lowest BCUT2D eigenvalue weighted by molar-refractivity contribution is 0.252. The van der Waals surface area contributed by atoms with Gasteiger partial charge in [0.05, 0.1) is 6.07 Å². The monoisotopic (exact) mass is 638 g/mol. The zero-order valence-corrected chi connectivity index (χ0v) is 30.8.